The summed E-state index contributed by atoms with van der Waals surface area (Å²) in [5, 5.41) is 3.17. The first kappa shape index (κ1) is 12.0. The summed E-state index contributed by atoms with van der Waals surface area (Å²) in [5.74, 6) is -0.901. The van der Waals surface area contributed by atoms with Crippen molar-refractivity contribution < 1.29 is 13.9 Å². The number of esters is 1. The van der Waals surface area contributed by atoms with Crippen molar-refractivity contribution in [2.75, 3.05) is 20.2 Å². The van der Waals surface area contributed by atoms with E-state index in [0.717, 1.165) is 0 Å². The van der Waals surface area contributed by atoms with Crippen LogP contribution >= 0.6 is 0 Å². The number of nitrogens with zero attached hydrogens (tertiary/aromatic N) is 1. The molecule has 1 fully saturated rings. The number of carbonyl (C=O) groups excluding carboxylic acids is 1. The predicted octanol–water partition coefficient (Wildman–Crippen LogP) is 1.01. The number of nitrogens with one attached hydrogen (secondary N) is 1. The molecule has 2 rings (SSSR count). The van der Waals surface area contributed by atoms with E-state index in [4.69, 9.17) is 4.74 Å². The Morgan fingerprint density at radius 3 is 2.76 bits per heavy atom. The maximum absolute atomic E-state index is 13.2. The Hall–Kier alpha value is -1.49. The van der Waals surface area contributed by atoms with Gasteiger partial charge in [-0.15, -0.1) is 0 Å². The van der Waals surface area contributed by atoms with Gasteiger partial charge in [0.15, 0.2) is 0 Å². The zero-order valence-electron chi connectivity index (χ0n) is 9.70. The van der Waals surface area contributed by atoms with Crippen molar-refractivity contribution in [1.82, 2.24) is 10.3 Å². The van der Waals surface area contributed by atoms with Gasteiger partial charge >= 0.3 is 5.97 Å². The third-order valence-corrected chi connectivity index (χ3v) is 3.24. The molecule has 0 amide bonds. The van der Waals surface area contributed by atoms with Gasteiger partial charge in [-0.2, -0.15) is 4.39 Å². The number of methoxy groups -OCH3 is 1. The van der Waals surface area contributed by atoms with E-state index < -0.39 is 11.4 Å². The molecular formula is C12H15FN2O2. The molecule has 0 bridgehead atoms. The molecule has 1 aromatic heterocycles. The van der Waals surface area contributed by atoms with Crippen LogP contribution in [0.3, 0.4) is 0 Å². The lowest BCUT2D eigenvalue weighted by Gasteiger charge is -2.34. The molecule has 1 aromatic rings. The summed E-state index contributed by atoms with van der Waals surface area (Å²) in [7, 11) is 1.35. The van der Waals surface area contributed by atoms with Crippen molar-refractivity contribution in [3.05, 3.63) is 29.8 Å². The molecule has 0 aromatic carbocycles. The fourth-order valence-electron chi connectivity index (χ4n) is 2.29. The number of hydrogen-bond acceptors (Lipinski definition) is 4. The van der Waals surface area contributed by atoms with Gasteiger partial charge in [0.05, 0.1) is 12.8 Å². The Balaban J connectivity index is 2.42. The Labute approximate surface area is 99.2 Å². The van der Waals surface area contributed by atoms with Crippen LogP contribution in [0.15, 0.2) is 18.2 Å². The van der Waals surface area contributed by atoms with Gasteiger partial charge in [-0.1, -0.05) is 6.07 Å². The van der Waals surface area contributed by atoms with E-state index in [2.05, 4.69) is 10.3 Å². The molecule has 5 heteroatoms. The highest BCUT2D eigenvalue weighted by atomic mass is 19.1. The predicted molar refractivity (Wildman–Crippen MR) is 60.0 cm³/mol. The van der Waals surface area contributed by atoms with Crippen molar-refractivity contribution in [2.45, 2.75) is 18.3 Å². The minimum atomic E-state index is -0.803. The number of carbonyl (C=O) groups is 1. The summed E-state index contributed by atoms with van der Waals surface area (Å²) in [6.07, 6.45) is 1.16. The monoisotopic (exact) mass is 238 g/mol. The van der Waals surface area contributed by atoms with Crippen LogP contribution in [0.5, 0.6) is 0 Å². The van der Waals surface area contributed by atoms with Gasteiger partial charge in [0.2, 0.25) is 5.95 Å². The molecule has 1 aliphatic heterocycles. The van der Waals surface area contributed by atoms with Crippen molar-refractivity contribution >= 4 is 5.97 Å². The van der Waals surface area contributed by atoms with Crippen LogP contribution in [0.25, 0.3) is 0 Å². The Morgan fingerprint density at radius 1 is 1.47 bits per heavy atom. The molecule has 0 radical (unpaired) electrons. The first-order valence-electron chi connectivity index (χ1n) is 5.61. The van der Waals surface area contributed by atoms with Crippen LogP contribution in [0.2, 0.25) is 0 Å². The van der Waals surface area contributed by atoms with Gasteiger partial charge in [-0.25, -0.2) is 4.98 Å². The highest BCUT2D eigenvalue weighted by Crippen LogP contribution is 2.33. The Morgan fingerprint density at radius 2 is 2.18 bits per heavy atom. The second-order valence-electron chi connectivity index (χ2n) is 4.17. The number of ether oxygens (including phenoxy) is 1. The minimum absolute atomic E-state index is 0.336. The third-order valence-electron chi connectivity index (χ3n) is 3.24. The highest BCUT2D eigenvalue weighted by Gasteiger charge is 2.43. The van der Waals surface area contributed by atoms with E-state index in [9.17, 15) is 9.18 Å². The largest absolute Gasteiger partial charge is 0.468 e. The molecule has 1 aliphatic rings. The Bertz CT molecular complexity index is 417. The van der Waals surface area contributed by atoms with Gasteiger partial charge in [0.25, 0.3) is 0 Å². The second-order valence-corrected chi connectivity index (χ2v) is 4.17. The van der Waals surface area contributed by atoms with Gasteiger partial charge < -0.3 is 10.1 Å². The molecule has 17 heavy (non-hydrogen) atoms. The topological polar surface area (TPSA) is 51.2 Å². The van der Waals surface area contributed by atoms with Gasteiger partial charge in [-0.05, 0) is 38.1 Å². The van der Waals surface area contributed by atoms with Crippen LogP contribution in [0, 0.1) is 5.95 Å². The lowest BCUT2D eigenvalue weighted by atomic mass is 9.76. The standard InChI is InChI=1S/C12H15FN2O2/c1-17-11(16)12(5-7-14-8-6-12)9-3-2-4-10(13)15-9/h2-4,14H,5-8H2,1H3. The highest BCUT2D eigenvalue weighted by molar-refractivity contribution is 5.82. The molecule has 0 spiro atoms. The summed E-state index contributed by atoms with van der Waals surface area (Å²) < 4.78 is 18.0. The van der Waals surface area contributed by atoms with Crippen molar-refractivity contribution in [3.63, 3.8) is 0 Å². The normalized spacial score (nSPS) is 18.7. The van der Waals surface area contributed by atoms with Crippen molar-refractivity contribution in [2.24, 2.45) is 0 Å². The molecule has 0 unspecified atom stereocenters. The van der Waals surface area contributed by atoms with E-state index in [1.165, 1.54) is 13.2 Å². The third kappa shape index (κ3) is 2.15. The smallest absolute Gasteiger partial charge is 0.317 e. The van der Waals surface area contributed by atoms with E-state index in [0.29, 0.717) is 31.6 Å². The number of pyridine rings is 1. The Kier molecular flexibility index (Phi) is 3.38. The fraction of sp³-hybridized carbons (Fsp3) is 0.500. The van der Waals surface area contributed by atoms with Crippen LogP contribution in [0.4, 0.5) is 4.39 Å². The molecule has 1 N–H and O–H groups in total. The maximum atomic E-state index is 13.2. The van der Waals surface area contributed by atoms with Gasteiger partial charge in [-0.3, -0.25) is 4.79 Å². The number of rotatable bonds is 2. The van der Waals surface area contributed by atoms with Crippen LogP contribution in [0.1, 0.15) is 18.5 Å². The zero-order chi connectivity index (χ0) is 12.3. The first-order chi connectivity index (χ1) is 8.19. The molecule has 1 saturated heterocycles. The van der Waals surface area contributed by atoms with Crippen LogP contribution in [-0.2, 0) is 14.9 Å². The average molecular weight is 238 g/mol. The molecule has 92 valence electrons. The average Bonchev–Trinajstić information content (AvgIpc) is 2.38. The zero-order valence-corrected chi connectivity index (χ0v) is 9.70. The second kappa shape index (κ2) is 4.79. The number of hydrogen-bond donors (Lipinski definition) is 1. The maximum Gasteiger partial charge on any atom is 0.317 e. The summed E-state index contributed by atoms with van der Waals surface area (Å²) in [5.41, 5.74) is -0.340. The van der Waals surface area contributed by atoms with E-state index in [1.807, 2.05) is 0 Å². The van der Waals surface area contributed by atoms with E-state index in [1.54, 1.807) is 12.1 Å². The molecule has 0 aliphatic carbocycles. The number of piperidine rings is 1. The summed E-state index contributed by atoms with van der Waals surface area (Å²) in [4.78, 5) is 15.8. The summed E-state index contributed by atoms with van der Waals surface area (Å²) >= 11 is 0. The summed E-state index contributed by atoms with van der Waals surface area (Å²) in [6.45, 7) is 1.40. The van der Waals surface area contributed by atoms with Crippen LogP contribution < -0.4 is 5.32 Å². The molecule has 0 atom stereocenters. The van der Waals surface area contributed by atoms with Crippen molar-refractivity contribution in [3.8, 4) is 0 Å². The first-order valence-corrected chi connectivity index (χ1v) is 5.61. The van der Waals surface area contributed by atoms with E-state index >= 15 is 0 Å². The fourth-order valence-corrected chi connectivity index (χ4v) is 2.29. The molecule has 0 saturated carbocycles. The van der Waals surface area contributed by atoms with Crippen molar-refractivity contribution in [1.29, 1.82) is 0 Å². The molecule has 4 nitrogen and oxygen atoms in total. The van der Waals surface area contributed by atoms with Crippen LogP contribution in [-0.4, -0.2) is 31.2 Å². The quantitative estimate of drug-likeness (QED) is 0.617. The minimum Gasteiger partial charge on any atom is -0.468 e. The van der Waals surface area contributed by atoms with E-state index in [-0.39, 0.29) is 5.97 Å². The SMILES string of the molecule is COC(=O)C1(c2cccc(F)n2)CCNCC1. The molecule has 2 heterocycles. The van der Waals surface area contributed by atoms with Gasteiger partial charge in [0, 0.05) is 0 Å². The lowest BCUT2D eigenvalue weighted by molar-refractivity contribution is -0.149. The lowest BCUT2D eigenvalue weighted by Crippen LogP contribution is -2.46. The molecular weight excluding hydrogens is 223 g/mol. The summed E-state index contributed by atoms with van der Waals surface area (Å²) in [6, 6.07) is 4.53. The number of aromatic nitrogens is 1. The number of halogens is 1. The van der Waals surface area contributed by atoms with Gasteiger partial charge in [0.1, 0.15) is 5.41 Å².